The van der Waals surface area contributed by atoms with Crippen LogP contribution in [0.4, 0.5) is 0 Å². The van der Waals surface area contributed by atoms with Gasteiger partial charge in [0.2, 0.25) is 0 Å². The first kappa shape index (κ1) is 34.0. The van der Waals surface area contributed by atoms with Crippen LogP contribution in [-0.2, 0) is 29.1 Å². The molecule has 250 valence electrons. The number of aliphatic hydroxyl groups excluding tert-OH is 1. The molecule has 2 aliphatic carbocycles. The van der Waals surface area contributed by atoms with Crippen molar-refractivity contribution in [3.8, 4) is 11.3 Å². The maximum atomic E-state index is 12.6. The summed E-state index contributed by atoms with van der Waals surface area (Å²) in [6.07, 6.45) is 14.6. The van der Waals surface area contributed by atoms with Crippen LogP contribution in [0.2, 0.25) is 5.02 Å². The highest BCUT2D eigenvalue weighted by molar-refractivity contribution is 7.99. The molecule has 3 atom stereocenters. The number of benzene rings is 1. The SMILES string of the molecule is NC(=O)C(=O)N1CCc2c(c(-c3ccc(Cl)c(C4C=CC(CNCC5=CCC(Cl)C=C5)=CC4)c3)nn2C[C@@H](O)CN2CCSCC2)C1. The van der Waals surface area contributed by atoms with Gasteiger partial charge in [-0.2, -0.15) is 16.9 Å². The number of aromatic nitrogens is 2. The van der Waals surface area contributed by atoms with E-state index in [1.54, 1.807) is 0 Å². The third-order valence-electron chi connectivity index (χ3n) is 9.22. The number of hydrogen-bond donors (Lipinski definition) is 3. The Balaban J connectivity index is 1.19. The molecule has 0 bridgehead atoms. The summed E-state index contributed by atoms with van der Waals surface area (Å²) in [5, 5.41) is 20.4. The van der Waals surface area contributed by atoms with Crippen molar-refractivity contribution in [2.75, 3.05) is 50.8 Å². The Morgan fingerprint density at radius 3 is 2.49 bits per heavy atom. The largest absolute Gasteiger partial charge is 0.390 e. The van der Waals surface area contributed by atoms with Gasteiger partial charge in [-0.05, 0) is 41.7 Å². The second-order valence-electron chi connectivity index (χ2n) is 12.6. The fourth-order valence-corrected chi connectivity index (χ4v) is 8.06. The van der Waals surface area contributed by atoms with Gasteiger partial charge in [-0.3, -0.25) is 19.2 Å². The summed E-state index contributed by atoms with van der Waals surface area (Å²) in [5.41, 5.74) is 12.3. The third kappa shape index (κ3) is 8.42. The van der Waals surface area contributed by atoms with Crippen molar-refractivity contribution in [1.29, 1.82) is 0 Å². The van der Waals surface area contributed by atoms with Crippen LogP contribution in [-0.4, -0.2) is 98.8 Å². The molecule has 12 heteroatoms. The average molecular weight is 698 g/mol. The first-order chi connectivity index (χ1) is 22.7. The molecule has 1 fully saturated rings. The predicted octanol–water partition coefficient (Wildman–Crippen LogP) is 4.04. The lowest BCUT2D eigenvalue weighted by atomic mass is 9.88. The minimum Gasteiger partial charge on any atom is -0.390 e. The Labute approximate surface area is 290 Å². The molecule has 2 aliphatic heterocycles. The number of β-amino-alcohol motifs (C(OH)–C–C–N with tert-alkyl or cyclic N) is 1. The number of nitrogens with zero attached hydrogens (tertiary/aromatic N) is 4. The van der Waals surface area contributed by atoms with Gasteiger partial charge in [0.15, 0.2) is 0 Å². The Morgan fingerprint density at radius 1 is 1.06 bits per heavy atom. The van der Waals surface area contributed by atoms with Crippen molar-refractivity contribution in [3.05, 3.63) is 87.6 Å². The van der Waals surface area contributed by atoms with Crippen LogP contribution in [0.15, 0.2) is 65.8 Å². The van der Waals surface area contributed by atoms with Gasteiger partial charge in [0.1, 0.15) is 0 Å². The lowest BCUT2D eigenvalue weighted by molar-refractivity contribution is -0.144. The van der Waals surface area contributed by atoms with Crippen molar-refractivity contribution in [1.82, 2.24) is 24.9 Å². The van der Waals surface area contributed by atoms with Crippen molar-refractivity contribution >= 4 is 46.8 Å². The highest BCUT2D eigenvalue weighted by Crippen LogP contribution is 2.37. The lowest BCUT2D eigenvalue weighted by Crippen LogP contribution is -2.43. The van der Waals surface area contributed by atoms with Crippen LogP contribution in [0.3, 0.4) is 0 Å². The summed E-state index contributed by atoms with van der Waals surface area (Å²) in [6.45, 7) is 5.05. The standard InChI is InChI=1S/C35H42Cl2N6O3S/c36-27-8-3-24(4-9-27)19-39-18-23-1-5-25(6-2-23)29-17-26(7-10-31(29)37)33-30-22-42(35(46)34(38)45)12-11-32(30)43(40-33)21-28(44)20-41-13-15-47-16-14-41/h1-5,7-8,10,17,25,27-28,39,44H,6,9,11-16,18-22H2,(H2,38,45)/t25?,27?,28-/m0/s1. The summed E-state index contributed by atoms with van der Waals surface area (Å²) in [6, 6.07) is 5.94. The summed E-state index contributed by atoms with van der Waals surface area (Å²) in [4.78, 5) is 28.1. The van der Waals surface area contributed by atoms with E-state index in [1.807, 2.05) is 34.7 Å². The van der Waals surface area contributed by atoms with Gasteiger partial charge in [-0.25, -0.2) is 0 Å². The van der Waals surface area contributed by atoms with Crippen molar-refractivity contribution in [3.63, 3.8) is 0 Å². The number of fused-ring (bicyclic) bond motifs is 1. The highest BCUT2D eigenvalue weighted by atomic mass is 35.5. The van der Waals surface area contributed by atoms with Crippen molar-refractivity contribution in [2.24, 2.45) is 5.73 Å². The lowest BCUT2D eigenvalue weighted by Gasteiger charge is -2.29. The number of allylic oxidation sites excluding steroid dienone is 4. The number of thioether (sulfide) groups is 1. The zero-order valence-corrected chi connectivity index (χ0v) is 28.7. The fraction of sp³-hybridized carbons (Fsp3) is 0.457. The molecule has 2 unspecified atom stereocenters. The van der Waals surface area contributed by atoms with E-state index in [0.29, 0.717) is 31.1 Å². The van der Waals surface area contributed by atoms with Crippen molar-refractivity contribution < 1.29 is 14.7 Å². The molecule has 4 aliphatic rings. The minimum absolute atomic E-state index is 0.0911. The van der Waals surface area contributed by atoms with E-state index in [-0.39, 0.29) is 17.8 Å². The molecule has 1 aromatic heterocycles. The van der Waals surface area contributed by atoms with Gasteiger partial charge in [0, 0.05) is 85.0 Å². The number of nitrogens with two attached hydrogens (primary N) is 1. The van der Waals surface area contributed by atoms with Gasteiger partial charge in [-0.15, -0.1) is 11.6 Å². The molecule has 0 saturated carbocycles. The van der Waals surface area contributed by atoms with E-state index >= 15 is 0 Å². The number of primary amides is 1. The van der Waals surface area contributed by atoms with Gasteiger partial charge < -0.3 is 21.1 Å². The van der Waals surface area contributed by atoms with E-state index in [2.05, 4.69) is 46.7 Å². The normalized spacial score (nSPS) is 22.1. The van der Waals surface area contributed by atoms with Crippen LogP contribution in [0, 0.1) is 0 Å². The van der Waals surface area contributed by atoms with E-state index in [0.717, 1.165) is 78.6 Å². The molecule has 0 radical (unpaired) electrons. The minimum atomic E-state index is -0.967. The quantitative estimate of drug-likeness (QED) is 0.254. The number of aliphatic hydroxyl groups is 1. The third-order valence-corrected chi connectivity index (χ3v) is 10.8. The maximum Gasteiger partial charge on any atom is 0.311 e. The number of nitrogens with one attached hydrogen (secondary N) is 1. The summed E-state index contributed by atoms with van der Waals surface area (Å²) < 4.78 is 1.89. The first-order valence-corrected chi connectivity index (χ1v) is 18.3. The summed E-state index contributed by atoms with van der Waals surface area (Å²) in [5.74, 6) is 0.589. The van der Waals surface area contributed by atoms with E-state index < -0.39 is 17.9 Å². The molecular weight excluding hydrogens is 655 g/mol. The second-order valence-corrected chi connectivity index (χ2v) is 14.8. The molecule has 2 aromatic rings. The molecule has 2 amide bonds. The Kier molecular flexibility index (Phi) is 11.3. The molecule has 1 saturated heterocycles. The second kappa shape index (κ2) is 15.6. The molecule has 9 nitrogen and oxygen atoms in total. The van der Waals surface area contributed by atoms with Crippen LogP contribution in [0.5, 0.6) is 0 Å². The number of carbonyl (C=O) groups excluding carboxylic acids is 2. The predicted molar refractivity (Wildman–Crippen MR) is 190 cm³/mol. The molecule has 47 heavy (non-hydrogen) atoms. The molecule has 4 N–H and O–H groups in total. The topological polar surface area (TPSA) is 117 Å². The van der Waals surface area contributed by atoms with Crippen molar-refractivity contribution in [2.45, 2.75) is 49.8 Å². The molecular formula is C35H42Cl2N6O3S. The Bertz CT molecular complexity index is 1610. The molecule has 1 aromatic carbocycles. The Hall–Kier alpha value is -2.86. The number of carbonyl (C=O) groups is 2. The van der Waals surface area contributed by atoms with E-state index in [4.69, 9.17) is 34.0 Å². The Morgan fingerprint density at radius 2 is 1.81 bits per heavy atom. The highest BCUT2D eigenvalue weighted by Gasteiger charge is 2.31. The van der Waals surface area contributed by atoms with Gasteiger partial charge in [0.05, 0.1) is 30.3 Å². The number of hydrogen-bond acceptors (Lipinski definition) is 7. The zero-order chi connectivity index (χ0) is 32.9. The smallest absolute Gasteiger partial charge is 0.311 e. The van der Waals surface area contributed by atoms with Gasteiger partial charge >= 0.3 is 11.8 Å². The van der Waals surface area contributed by atoms with Gasteiger partial charge in [0.25, 0.3) is 0 Å². The summed E-state index contributed by atoms with van der Waals surface area (Å²) >= 11 is 14.9. The zero-order valence-electron chi connectivity index (χ0n) is 26.4. The van der Waals surface area contributed by atoms with E-state index in [1.165, 1.54) is 16.0 Å². The maximum absolute atomic E-state index is 12.6. The number of rotatable bonds is 10. The van der Waals surface area contributed by atoms with E-state index in [9.17, 15) is 14.7 Å². The molecule has 6 rings (SSSR count). The number of halogens is 2. The van der Waals surface area contributed by atoms with Crippen LogP contribution in [0.1, 0.15) is 35.6 Å². The monoisotopic (exact) mass is 696 g/mol. The van der Waals surface area contributed by atoms with Gasteiger partial charge in [-0.1, -0.05) is 54.1 Å². The summed E-state index contributed by atoms with van der Waals surface area (Å²) in [7, 11) is 0. The van der Waals surface area contributed by atoms with Crippen LogP contribution < -0.4 is 11.1 Å². The number of alkyl halides is 1. The fourth-order valence-electron chi connectivity index (χ4n) is 6.66. The first-order valence-electron chi connectivity index (χ1n) is 16.3. The number of amides is 2. The average Bonchev–Trinajstić information content (AvgIpc) is 3.43. The molecule has 3 heterocycles. The van der Waals surface area contributed by atoms with Crippen LogP contribution >= 0.6 is 35.0 Å². The van der Waals surface area contributed by atoms with Crippen LogP contribution in [0.25, 0.3) is 11.3 Å². The molecule has 0 spiro atoms.